The third kappa shape index (κ3) is 4.78. The molecule has 0 saturated carbocycles. The van der Waals surface area contributed by atoms with Gasteiger partial charge in [-0.1, -0.05) is 18.2 Å². The van der Waals surface area contributed by atoms with E-state index in [1.807, 2.05) is 39.0 Å². The number of carbonyl (C=O) groups excluding carboxylic acids is 1. The molecule has 6 nitrogen and oxygen atoms in total. The van der Waals surface area contributed by atoms with Crippen LogP contribution >= 0.6 is 0 Å². The molecule has 1 aliphatic rings. The van der Waals surface area contributed by atoms with Crippen LogP contribution in [-0.4, -0.2) is 43.5 Å². The van der Waals surface area contributed by atoms with Crippen molar-refractivity contribution in [1.82, 2.24) is 4.98 Å². The number of hydrogen-bond donors (Lipinski definition) is 0. The summed E-state index contributed by atoms with van der Waals surface area (Å²) >= 11 is 0. The highest BCUT2D eigenvalue weighted by molar-refractivity contribution is 5.95. The standard InChI is InChI=1S/C21H26N4O2/c1-6-18(9-8-17(12-22-5)13-23-7-2)19-14-24-21-20(15(19)3)25(16(4)26)10-11-27-21/h6,8-9,12-14H,5,7,10-11H2,1-4H3/b9-8-,17-12-,18-6+,23-13?. The smallest absolute Gasteiger partial charge is 0.238 e. The number of hydrogen-bond acceptors (Lipinski definition) is 5. The van der Waals surface area contributed by atoms with Crippen molar-refractivity contribution in [1.29, 1.82) is 0 Å². The second kappa shape index (κ2) is 9.62. The normalized spacial score (nSPS) is 15.2. The van der Waals surface area contributed by atoms with Crippen LogP contribution in [-0.2, 0) is 4.79 Å². The zero-order valence-corrected chi connectivity index (χ0v) is 16.4. The van der Waals surface area contributed by atoms with Gasteiger partial charge in [-0.3, -0.25) is 14.8 Å². The summed E-state index contributed by atoms with van der Waals surface area (Å²) < 4.78 is 5.64. The first-order valence-electron chi connectivity index (χ1n) is 8.94. The summed E-state index contributed by atoms with van der Waals surface area (Å²) in [6, 6.07) is 0. The van der Waals surface area contributed by atoms with Gasteiger partial charge in [-0.15, -0.1) is 0 Å². The molecule has 0 unspecified atom stereocenters. The van der Waals surface area contributed by atoms with Crippen LogP contribution in [0.2, 0.25) is 0 Å². The fourth-order valence-electron chi connectivity index (χ4n) is 2.89. The molecule has 0 spiro atoms. The van der Waals surface area contributed by atoms with Crippen molar-refractivity contribution in [2.24, 2.45) is 9.98 Å². The summed E-state index contributed by atoms with van der Waals surface area (Å²) in [5, 5.41) is 0. The predicted molar refractivity (Wildman–Crippen MR) is 112 cm³/mol. The average Bonchev–Trinajstić information content (AvgIpc) is 2.67. The molecule has 0 saturated heterocycles. The lowest BCUT2D eigenvalue weighted by Crippen LogP contribution is -2.37. The maximum absolute atomic E-state index is 12.0. The number of amides is 1. The molecular weight excluding hydrogens is 340 g/mol. The van der Waals surface area contributed by atoms with E-state index in [2.05, 4.69) is 21.7 Å². The van der Waals surface area contributed by atoms with Gasteiger partial charge in [0.05, 0.1) is 6.54 Å². The maximum atomic E-state index is 12.0. The van der Waals surface area contributed by atoms with Gasteiger partial charge in [0.1, 0.15) is 12.3 Å². The average molecular weight is 366 g/mol. The van der Waals surface area contributed by atoms with Gasteiger partial charge < -0.3 is 9.64 Å². The Labute approximate surface area is 160 Å². The molecule has 27 heavy (non-hydrogen) atoms. The number of ether oxygens (including phenoxy) is 1. The highest BCUT2D eigenvalue weighted by Gasteiger charge is 2.26. The molecule has 1 aromatic heterocycles. The predicted octanol–water partition coefficient (Wildman–Crippen LogP) is 3.77. The second-order valence-corrected chi connectivity index (χ2v) is 5.99. The van der Waals surface area contributed by atoms with E-state index < -0.39 is 0 Å². The molecule has 1 aliphatic heterocycles. The molecule has 0 fully saturated rings. The number of fused-ring (bicyclic) bond motifs is 1. The van der Waals surface area contributed by atoms with E-state index in [4.69, 9.17) is 4.74 Å². The van der Waals surface area contributed by atoms with Gasteiger partial charge in [-0.05, 0) is 38.6 Å². The number of rotatable bonds is 6. The van der Waals surface area contributed by atoms with Crippen molar-refractivity contribution in [3.05, 3.63) is 47.3 Å². The molecule has 0 aliphatic carbocycles. The molecule has 0 radical (unpaired) electrons. The Kier molecular flexibility index (Phi) is 7.23. The van der Waals surface area contributed by atoms with E-state index in [9.17, 15) is 4.79 Å². The van der Waals surface area contributed by atoms with Crippen molar-refractivity contribution >= 4 is 30.1 Å². The minimum Gasteiger partial charge on any atom is -0.474 e. The molecule has 1 amide bonds. The fourth-order valence-corrected chi connectivity index (χ4v) is 2.89. The monoisotopic (exact) mass is 366 g/mol. The Balaban J connectivity index is 2.44. The Bertz CT molecular complexity index is 835. The van der Waals surface area contributed by atoms with E-state index in [1.54, 1.807) is 30.4 Å². The first-order chi connectivity index (χ1) is 13.0. The third-order valence-corrected chi connectivity index (χ3v) is 4.22. The van der Waals surface area contributed by atoms with Crippen LogP contribution in [0.4, 0.5) is 5.69 Å². The Hall–Kier alpha value is -3.02. The first kappa shape index (κ1) is 20.3. The number of pyridine rings is 1. The lowest BCUT2D eigenvalue weighted by molar-refractivity contribution is -0.116. The Morgan fingerprint density at radius 3 is 2.85 bits per heavy atom. The van der Waals surface area contributed by atoms with E-state index in [1.165, 1.54) is 0 Å². The van der Waals surface area contributed by atoms with Crippen LogP contribution in [0.5, 0.6) is 5.88 Å². The zero-order chi connectivity index (χ0) is 19.8. The summed E-state index contributed by atoms with van der Waals surface area (Å²) in [7, 11) is 0. The summed E-state index contributed by atoms with van der Waals surface area (Å²) in [5.41, 5.74) is 4.49. The lowest BCUT2D eigenvalue weighted by Gasteiger charge is -2.30. The van der Waals surface area contributed by atoms with Gasteiger partial charge in [0, 0.05) is 43.2 Å². The first-order valence-corrected chi connectivity index (χ1v) is 8.94. The minimum atomic E-state index is -0.0165. The fraction of sp³-hybridized carbons (Fsp3) is 0.333. The van der Waals surface area contributed by atoms with Crippen molar-refractivity contribution in [3.63, 3.8) is 0 Å². The molecule has 0 N–H and O–H groups in total. The van der Waals surface area contributed by atoms with Gasteiger partial charge in [-0.2, -0.15) is 0 Å². The van der Waals surface area contributed by atoms with Gasteiger partial charge in [0.25, 0.3) is 0 Å². The van der Waals surface area contributed by atoms with E-state index in [-0.39, 0.29) is 5.91 Å². The Morgan fingerprint density at radius 2 is 2.22 bits per heavy atom. The molecule has 2 heterocycles. The summed E-state index contributed by atoms with van der Waals surface area (Å²) in [5.74, 6) is 0.487. The van der Waals surface area contributed by atoms with E-state index in [0.29, 0.717) is 25.6 Å². The molecular formula is C21H26N4O2. The van der Waals surface area contributed by atoms with Gasteiger partial charge in [0.15, 0.2) is 0 Å². The topological polar surface area (TPSA) is 67.2 Å². The van der Waals surface area contributed by atoms with Crippen LogP contribution in [0.1, 0.15) is 31.9 Å². The van der Waals surface area contributed by atoms with Crippen molar-refractivity contribution in [2.75, 3.05) is 24.6 Å². The van der Waals surface area contributed by atoms with Crippen molar-refractivity contribution in [2.45, 2.75) is 27.7 Å². The molecule has 6 heteroatoms. The number of allylic oxidation sites excluding steroid dienone is 5. The molecule has 2 rings (SSSR count). The third-order valence-electron chi connectivity index (χ3n) is 4.22. The second-order valence-electron chi connectivity index (χ2n) is 5.99. The summed E-state index contributed by atoms with van der Waals surface area (Å²) in [6.07, 6.45) is 11.1. The maximum Gasteiger partial charge on any atom is 0.238 e. The SMILES string of the molecule is C=N/C=C(C=NCC)/C=C\C(=C/C)c1cnc2c(c1C)N(C(C)=O)CCO2. The minimum absolute atomic E-state index is 0.0165. The van der Waals surface area contributed by atoms with E-state index in [0.717, 1.165) is 28.0 Å². The van der Waals surface area contributed by atoms with Gasteiger partial charge in [0.2, 0.25) is 11.8 Å². The number of aliphatic imine (C=N–C) groups is 2. The van der Waals surface area contributed by atoms with Gasteiger partial charge >= 0.3 is 0 Å². The van der Waals surface area contributed by atoms with Crippen LogP contribution in [0.25, 0.3) is 5.57 Å². The zero-order valence-electron chi connectivity index (χ0n) is 16.4. The highest BCUT2D eigenvalue weighted by Crippen LogP contribution is 2.37. The quantitative estimate of drug-likeness (QED) is 0.568. The van der Waals surface area contributed by atoms with Crippen LogP contribution in [0.3, 0.4) is 0 Å². The highest BCUT2D eigenvalue weighted by atomic mass is 16.5. The molecule has 0 aromatic carbocycles. The largest absolute Gasteiger partial charge is 0.474 e. The lowest BCUT2D eigenvalue weighted by atomic mass is 9.99. The van der Waals surface area contributed by atoms with E-state index >= 15 is 0 Å². The van der Waals surface area contributed by atoms with Crippen LogP contribution in [0.15, 0.2) is 46.2 Å². The van der Waals surface area contributed by atoms with Crippen LogP contribution < -0.4 is 9.64 Å². The Morgan fingerprint density at radius 1 is 1.44 bits per heavy atom. The molecule has 0 atom stereocenters. The summed E-state index contributed by atoms with van der Waals surface area (Å²) in [4.78, 5) is 26.3. The summed E-state index contributed by atoms with van der Waals surface area (Å²) in [6.45, 7) is 12.7. The van der Waals surface area contributed by atoms with Crippen molar-refractivity contribution < 1.29 is 9.53 Å². The van der Waals surface area contributed by atoms with Gasteiger partial charge in [-0.25, -0.2) is 4.98 Å². The molecule has 0 bridgehead atoms. The number of anilines is 1. The molecule has 1 aromatic rings. The van der Waals surface area contributed by atoms with Crippen LogP contribution in [0, 0.1) is 6.92 Å². The number of nitrogens with zero attached hydrogens (tertiary/aromatic N) is 4. The van der Waals surface area contributed by atoms with Crippen molar-refractivity contribution in [3.8, 4) is 5.88 Å². The molecule has 142 valence electrons. The number of aromatic nitrogens is 1. The number of carbonyl (C=O) groups is 1.